The molecule has 1 aromatic rings. The average molecular weight is 308 g/mol. The van der Waals surface area contributed by atoms with Crippen LogP contribution in [0.3, 0.4) is 0 Å². The van der Waals surface area contributed by atoms with Crippen LogP contribution >= 0.6 is 11.6 Å². The Balaban J connectivity index is 2.28. The predicted octanol–water partition coefficient (Wildman–Crippen LogP) is 0.745. The first-order valence-electron chi connectivity index (χ1n) is 6.06. The number of ether oxygens (including phenoxy) is 1. The van der Waals surface area contributed by atoms with Crippen molar-refractivity contribution in [1.82, 2.24) is 13.9 Å². The van der Waals surface area contributed by atoms with Gasteiger partial charge in [0.25, 0.3) is 10.0 Å². The maximum absolute atomic E-state index is 12.5. The van der Waals surface area contributed by atoms with E-state index in [9.17, 15) is 8.42 Å². The maximum Gasteiger partial charge on any atom is 0.262 e. The lowest BCUT2D eigenvalue weighted by Crippen LogP contribution is -2.49. The topological polar surface area (TPSA) is 64.4 Å². The van der Waals surface area contributed by atoms with Gasteiger partial charge in [-0.2, -0.15) is 4.31 Å². The van der Waals surface area contributed by atoms with E-state index in [4.69, 9.17) is 16.3 Å². The number of sulfonamides is 1. The molecule has 2 rings (SSSR count). The molecule has 8 heteroatoms. The first-order chi connectivity index (χ1) is 8.84. The van der Waals surface area contributed by atoms with Gasteiger partial charge in [0, 0.05) is 32.2 Å². The summed E-state index contributed by atoms with van der Waals surface area (Å²) < 4.78 is 33.7. The highest BCUT2D eigenvalue weighted by molar-refractivity contribution is 7.89. The smallest absolute Gasteiger partial charge is 0.262 e. The number of alkyl halides is 1. The van der Waals surface area contributed by atoms with E-state index in [1.165, 1.54) is 10.5 Å². The van der Waals surface area contributed by atoms with Gasteiger partial charge in [0.15, 0.2) is 5.03 Å². The van der Waals surface area contributed by atoms with Crippen molar-refractivity contribution < 1.29 is 13.2 Å². The fourth-order valence-corrected chi connectivity index (χ4v) is 3.81. The molecule has 0 N–H and O–H groups in total. The Bertz CT molecular complexity index is 538. The van der Waals surface area contributed by atoms with Crippen molar-refractivity contribution in [1.29, 1.82) is 0 Å². The first kappa shape index (κ1) is 14.8. The van der Waals surface area contributed by atoms with E-state index in [0.717, 1.165) is 0 Å². The number of halogens is 1. The molecule has 0 saturated carbocycles. The summed E-state index contributed by atoms with van der Waals surface area (Å²) in [5, 5.41) is 0.0786. The highest BCUT2D eigenvalue weighted by Gasteiger charge is 2.34. The van der Waals surface area contributed by atoms with Gasteiger partial charge < -0.3 is 9.30 Å². The molecule has 0 amide bonds. The number of imidazole rings is 1. The number of aromatic nitrogens is 2. The standard InChI is InChI=1S/C11H18ClN3O3S/c1-8-5-15(6-10(4-12)18-8)19(16,17)11-7-14(3)9(2)13-11/h7-8,10H,4-6H2,1-3H3. The Labute approximate surface area is 118 Å². The maximum atomic E-state index is 12.5. The first-order valence-corrected chi connectivity index (χ1v) is 8.03. The van der Waals surface area contributed by atoms with Gasteiger partial charge in [-0.3, -0.25) is 0 Å². The molecule has 19 heavy (non-hydrogen) atoms. The highest BCUT2D eigenvalue weighted by atomic mass is 35.5. The molecule has 2 unspecified atom stereocenters. The van der Waals surface area contributed by atoms with Gasteiger partial charge in [-0.25, -0.2) is 13.4 Å². The fourth-order valence-electron chi connectivity index (χ4n) is 2.07. The van der Waals surface area contributed by atoms with E-state index in [1.54, 1.807) is 18.5 Å². The second kappa shape index (κ2) is 5.40. The molecule has 0 aliphatic carbocycles. The lowest BCUT2D eigenvalue weighted by molar-refractivity contribution is -0.0423. The molecule has 2 atom stereocenters. The zero-order valence-electron chi connectivity index (χ0n) is 11.2. The summed E-state index contributed by atoms with van der Waals surface area (Å²) in [4.78, 5) is 4.09. The zero-order valence-corrected chi connectivity index (χ0v) is 12.8. The Kier molecular flexibility index (Phi) is 4.20. The molecule has 6 nitrogen and oxygen atoms in total. The molecule has 1 aliphatic rings. The number of hydrogen-bond donors (Lipinski definition) is 0. The van der Waals surface area contributed by atoms with Crippen molar-refractivity contribution in [3.63, 3.8) is 0 Å². The summed E-state index contributed by atoms with van der Waals surface area (Å²) in [5.74, 6) is 0.936. The Morgan fingerprint density at radius 3 is 2.74 bits per heavy atom. The van der Waals surface area contributed by atoms with Crippen molar-refractivity contribution in [2.45, 2.75) is 31.1 Å². The predicted molar refractivity (Wildman–Crippen MR) is 71.8 cm³/mol. The highest BCUT2D eigenvalue weighted by Crippen LogP contribution is 2.21. The van der Waals surface area contributed by atoms with Crippen LogP contribution in [0.15, 0.2) is 11.2 Å². The van der Waals surface area contributed by atoms with Crippen LogP contribution in [0, 0.1) is 6.92 Å². The second-order valence-electron chi connectivity index (χ2n) is 4.78. The number of rotatable bonds is 3. The third-order valence-electron chi connectivity index (χ3n) is 3.16. The largest absolute Gasteiger partial charge is 0.371 e. The van der Waals surface area contributed by atoms with Crippen molar-refractivity contribution in [3.8, 4) is 0 Å². The van der Waals surface area contributed by atoms with Crippen molar-refractivity contribution in [3.05, 3.63) is 12.0 Å². The molecule has 0 bridgehead atoms. The van der Waals surface area contributed by atoms with E-state index in [1.807, 2.05) is 6.92 Å². The molecule has 0 spiro atoms. The second-order valence-corrected chi connectivity index (χ2v) is 6.98. The lowest BCUT2D eigenvalue weighted by atomic mass is 10.3. The van der Waals surface area contributed by atoms with Crippen molar-refractivity contribution in [2.75, 3.05) is 19.0 Å². The van der Waals surface area contributed by atoms with Crippen LogP contribution in [-0.4, -0.2) is 53.5 Å². The van der Waals surface area contributed by atoms with Gasteiger partial charge in [-0.15, -0.1) is 11.6 Å². The van der Waals surface area contributed by atoms with Crippen LogP contribution in [0.4, 0.5) is 0 Å². The van der Waals surface area contributed by atoms with Crippen LogP contribution in [0.2, 0.25) is 0 Å². The summed E-state index contributed by atoms with van der Waals surface area (Å²) in [6, 6.07) is 0. The molecule has 0 aromatic carbocycles. The molecule has 108 valence electrons. The molecule has 1 saturated heterocycles. The molecule has 0 radical (unpaired) electrons. The van der Waals surface area contributed by atoms with E-state index in [2.05, 4.69) is 4.98 Å². The fraction of sp³-hybridized carbons (Fsp3) is 0.727. The average Bonchev–Trinajstić information content (AvgIpc) is 2.69. The quantitative estimate of drug-likeness (QED) is 0.773. The third kappa shape index (κ3) is 2.94. The van der Waals surface area contributed by atoms with Crippen LogP contribution in [0.5, 0.6) is 0 Å². The molecule has 2 heterocycles. The minimum atomic E-state index is -3.58. The number of aryl methyl sites for hydroxylation is 2. The number of hydrogen-bond acceptors (Lipinski definition) is 4. The van der Waals surface area contributed by atoms with Crippen LogP contribution in [0.1, 0.15) is 12.7 Å². The SMILES string of the molecule is Cc1nc(S(=O)(=O)N2CC(C)OC(CCl)C2)cn1C. The normalized spacial score (nSPS) is 25.7. The van der Waals surface area contributed by atoms with Crippen LogP contribution in [0.25, 0.3) is 0 Å². The van der Waals surface area contributed by atoms with Crippen molar-refractivity contribution in [2.24, 2.45) is 7.05 Å². The Hall–Kier alpha value is -0.630. The summed E-state index contributed by atoms with van der Waals surface area (Å²) >= 11 is 5.77. The summed E-state index contributed by atoms with van der Waals surface area (Å²) in [5.41, 5.74) is 0. The third-order valence-corrected chi connectivity index (χ3v) is 5.20. The minimum Gasteiger partial charge on any atom is -0.371 e. The molecular formula is C11H18ClN3O3S. The Morgan fingerprint density at radius 2 is 2.21 bits per heavy atom. The summed E-state index contributed by atoms with van der Waals surface area (Å²) in [7, 11) is -1.81. The van der Waals surface area contributed by atoms with Gasteiger partial charge in [0.2, 0.25) is 0 Å². The summed E-state index contributed by atoms with van der Waals surface area (Å²) in [6.45, 7) is 4.20. The van der Waals surface area contributed by atoms with Gasteiger partial charge in [0.1, 0.15) is 5.82 Å². The monoisotopic (exact) mass is 307 g/mol. The van der Waals surface area contributed by atoms with Crippen LogP contribution in [-0.2, 0) is 21.8 Å². The lowest BCUT2D eigenvalue weighted by Gasteiger charge is -2.34. The zero-order chi connectivity index (χ0) is 14.2. The minimum absolute atomic E-state index is 0.0786. The van der Waals surface area contributed by atoms with Gasteiger partial charge in [-0.1, -0.05) is 0 Å². The molecule has 1 aliphatic heterocycles. The van der Waals surface area contributed by atoms with E-state index >= 15 is 0 Å². The van der Waals surface area contributed by atoms with Gasteiger partial charge >= 0.3 is 0 Å². The number of nitrogens with zero attached hydrogens (tertiary/aromatic N) is 3. The van der Waals surface area contributed by atoms with Crippen LogP contribution < -0.4 is 0 Å². The Morgan fingerprint density at radius 1 is 1.53 bits per heavy atom. The number of morpholine rings is 1. The summed E-state index contributed by atoms with van der Waals surface area (Å²) in [6.07, 6.45) is 1.09. The van der Waals surface area contributed by atoms with Crippen molar-refractivity contribution >= 4 is 21.6 Å². The molecular weight excluding hydrogens is 290 g/mol. The molecule has 1 aromatic heterocycles. The van der Waals surface area contributed by atoms with Gasteiger partial charge in [0.05, 0.1) is 12.2 Å². The van der Waals surface area contributed by atoms with Gasteiger partial charge in [-0.05, 0) is 13.8 Å². The van der Waals surface area contributed by atoms with E-state index in [0.29, 0.717) is 12.4 Å². The van der Waals surface area contributed by atoms with E-state index in [-0.39, 0.29) is 29.7 Å². The van der Waals surface area contributed by atoms with E-state index < -0.39 is 10.0 Å². The molecule has 1 fully saturated rings.